The monoisotopic (exact) mass is 406 g/mol. The molecule has 0 saturated carbocycles. The summed E-state index contributed by atoms with van der Waals surface area (Å²) in [6.07, 6.45) is 17.4. The molecule has 1 aromatic rings. The summed E-state index contributed by atoms with van der Waals surface area (Å²) in [5.74, 6) is 0.425. The molecule has 1 rings (SSSR count). The Morgan fingerprint density at radius 1 is 0.815 bits per heavy atom. The van der Waals surface area contributed by atoms with Crippen LogP contribution in [0.25, 0.3) is 0 Å². The second-order valence-corrected chi connectivity index (χ2v) is 9.04. The molecule has 0 aliphatic carbocycles. The number of benzene rings is 1. The van der Waals surface area contributed by atoms with Crippen molar-refractivity contribution < 1.29 is 44.0 Å². The summed E-state index contributed by atoms with van der Waals surface area (Å²) in [6.45, 7) is 4.45. The van der Waals surface area contributed by atoms with E-state index in [0.717, 1.165) is 12.0 Å². The molecule has 0 aliphatic rings. The topological polar surface area (TPSA) is 54.4 Å². The fourth-order valence-corrected chi connectivity index (χ4v) is 3.91. The molecule has 0 fully saturated rings. The third-order valence-corrected chi connectivity index (χ3v) is 6.11. The van der Waals surface area contributed by atoms with Crippen molar-refractivity contribution in [1.29, 1.82) is 0 Å². The Bertz CT molecular complexity index is 576. The molecule has 0 amide bonds. The van der Waals surface area contributed by atoms with Gasteiger partial charge in [-0.2, -0.15) is 8.42 Å². The summed E-state index contributed by atoms with van der Waals surface area (Å²) < 4.78 is 31.2. The van der Waals surface area contributed by atoms with Crippen molar-refractivity contribution in [1.82, 2.24) is 0 Å². The summed E-state index contributed by atoms with van der Waals surface area (Å²) in [6, 6.07) is 6.61. The largest absolute Gasteiger partial charge is 1.00 e. The molecule has 1 N–H and O–H groups in total. The zero-order valence-corrected chi connectivity index (χ0v) is 20.6. The van der Waals surface area contributed by atoms with Crippen LogP contribution in [0.2, 0.25) is 0 Å². The van der Waals surface area contributed by atoms with Crippen LogP contribution in [0.4, 0.5) is 0 Å². The number of unbranched alkanes of at least 4 members (excludes halogenated alkanes) is 11. The quantitative estimate of drug-likeness (QED) is 0.269. The first-order chi connectivity index (χ1) is 12.4. The van der Waals surface area contributed by atoms with E-state index in [0.29, 0.717) is 5.92 Å². The predicted octanol–water partition coefficient (Wildman–Crippen LogP) is 4.24. The van der Waals surface area contributed by atoms with Gasteiger partial charge >= 0.3 is 29.6 Å². The fourth-order valence-electron chi connectivity index (χ4n) is 3.43. The summed E-state index contributed by atoms with van der Waals surface area (Å²) in [7, 11) is -4.09. The van der Waals surface area contributed by atoms with Crippen LogP contribution in [-0.4, -0.2) is 13.0 Å². The van der Waals surface area contributed by atoms with E-state index < -0.39 is 10.1 Å². The average Bonchev–Trinajstić information content (AvgIpc) is 2.62. The minimum Gasteiger partial charge on any atom is -1.00 e. The van der Waals surface area contributed by atoms with E-state index in [1.165, 1.54) is 89.2 Å². The van der Waals surface area contributed by atoms with E-state index in [4.69, 9.17) is 4.55 Å². The molecule has 1 unspecified atom stereocenters. The Morgan fingerprint density at radius 2 is 1.22 bits per heavy atom. The zero-order valence-electron chi connectivity index (χ0n) is 18.8. The van der Waals surface area contributed by atoms with Crippen LogP contribution in [0.5, 0.6) is 0 Å². The summed E-state index contributed by atoms with van der Waals surface area (Å²) >= 11 is 0. The predicted molar refractivity (Wildman–Crippen MR) is 111 cm³/mol. The van der Waals surface area contributed by atoms with Gasteiger partial charge in [0.05, 0.1) is 4.90 Å². The van der Waals surface area contributed by atoms with E-state index in [-0.39, 0.29) is 35.9 Å². The van der Waals surface area contributed by atoms with Gasteiger partial charge in [0.25, 0.3) is 10.1 Å². The first kappa shape index (κ1) is 27.1. The number of hydrogen-bond acceptors (Lipinski definition) is 2. The maximum absolute atomic E-state index is 11.1. The Labute approximate surface area is 191 Å². The van der Waals surface area contributed by atoms with Crippen molar-refractivity contribution in [3.8, 4) is 0 Å². The Balaban J connectivity index is 0. The summed E-state index contributed by atoms with van der Waals surface area (Å²) in [5, 5.41) is 0. The summed E-state index contributed by atoms with van der Waals surface area (Å²) in [4.78, 5) is -0.0289. The van der Waals surface area contributed by atoms with E-state index in [1.807, 2.05) is 12.1 Å². The molecule has 0 radical (unpaired) electrons. The van der Waals surface area contributed by atoms with Crippen molar-refractivity contribution in [2.45, 2.75) is 108 Å². The number of hydrogen-bond donors (Lipinski definition) is 1. The molecule has 0 spiro atoms. The first-order valence-electron chi connectivity index (χ1n) is 10.5. The van der Waals surface area contributed by atoms with Crippen LogP contribution in [0.15, 0.2) is 29.2 Å². The third kappa shape index (κ3) is 13.1. The van der Waals surface area contributed by atoms with Crippen molar-refractivity contribution in [2.75, 3.05) is 0 Å². The van der Waals surface area contributed by atoms with Crippen LogP contribution >= 0.6 is 0 Å². The second-order valence-electron chi connectivity index (χ2n) is 7.62. The van der Waals surface area contributed by atoms with Gasteiger partial charge in [0.2, 0.25) is 0 Å². The van der Waals surface area contributed by atoms with Gasteiger partial charge in [-0.25, -0.2) is 0 Å². The number of rotatable bonds is 15. The van der Waals surface area contributed by atoms with E-state index in [2.05, 4.69) is 13.8 Å². The molecule has 0 saturated heterocycles. The van der Waals surface area contributed by atoms with Gasteiger partial charge in [0.15, 0.2) is 0 Å². The molecule has 1 aromatic carbocycles. The van der Waals surface area contributed by atoms with Crippen molar-refractivity contribution in [3.63, 3.8) is 0 Å². The minimum absolute atomic E-state index is 0. The van der Waals surface area contributed by atoms with Gasteiger partial charge in [-0.15, -0.1) is 0 Å². The maximum atomic E-state index is 11.1. The van der Waals surface area contributed by atoms with E-state index in [9.17, 15) is 8.42 Å². The molecular formula is C22H39NaO3S. The van der Waals surface area contributed by atoms with Gasteiger partial charge in [-0.3, -0.25) is 4.55 Å². The van der Waals surface area contributed by atoms with Crippen LogP contribution < -0.4 is 29.6 Å². The smallest absolute Gasteiger partial charge is 1.00 e. The van der Waals surface area contributed by atoms with Gasteiger partial charge in [-0.05, 0) is 30.0 Å². The SMILES string of the molecule is CCCCCCCCCCCCCCC(C)c1ccc(S(=O)(=O)O)cc1.[H-].[Na+]. The molecule has 152 valence electrons. The van der Waals surface area contributed by atoms with E-state index in [1.54, 1.807) is 0 Å². The molecule has 0 aliphatic heterocycles. The standard InChI is InChI=1S/C22H38O3S.Na.H/c1-3-4-5-6-7-8-9-10-11-12-13-14-15-20(2)21-16-18-22(19-17-21)26(23,24)25;;/h16-20H,3-15H2,1-2H3,(H,23,24,25);;/q;+1;-1. The molecule has 3 nitrogen and oxygen atoms in total. The molecule has 0 heterocycles. The van der Waals surface area contributed by atoms with Crippen LogP contribution in [0, 0.1) is 0 Å². The normalized spacial score (nSPS) is 12.6. The van der Waals surface area contributed by atoms with Crippen molar-refractivity contribution in [3.05, 3.63) is 29.8 Å². The molecule has 0 bridgehead atoms. The van der Waals surface area contributed by atoms with Gasteiger partial charge in [-0.1, -0.05) is 103 Å². The Morgan fingerprint density at radius 3 is 1.63 bits per heavy atom. The van der Waals surface area contributed by atoms with Gasteiger partial charge in [0.1, 0.15) is 0 Å². The molecule has 27 heavy (non-hydrogen) atoms. The second kappa shape index (κ2) is 16.0. The fraction of sp³-hybridized carbons (Fsp3) is 0.727. The Hall–Kier alpha value is 0.130. The van der Waals surface area contributed by atoms with Crippen LogP contribution in [-0.2, 0) is 10.1 Å². The Kier molecular flexibility index (Phi) is 16.1. The maximum Gasteiger partial charge on any atom is 1.00 e. The van der Waals surface area contributed by atoms with Crippen molar-refractivity contribution >= 4 is 10.1 Å². The zero-order chi connectivity index (χ0) is 19.3. The molecule has 5 heteroatoms. The average molecular weight is 407 g/mol. The molecule has 1 atom stereocenters. The van der Waals surface area contributed by atoms with E-state index >= 15 is 0 Å². The van der Waals surface area contributed by atoms with Crippen LogP contribution in [0.3, 0.4) is 0 Å². The van der Waals surface area contributed by atoms with Gasteiger partial charge < -0.3 is 1.43 Å². The molecular weight excluding hydrogens is 367 g/mol. The third-order valence-electron chi connectivity index (χ3n) is 5.24. The van der Waals surface area contributed by atoms with Gasteiger partial charge in [0, 0.05) is 0 Å². The minimum atomic E-state index is -4.09. The summed E-state index contributed by atoms with van der Waals surface area (Å²) in [5.41, 5.74) is 1.14. The van der Waals surface area contributed by atoms with Crippen LogP contribution in [0.1, 0.15) is 110 Å². The first-order valence-corrected chi connectivity index (χ1v) is 12.0. The molecule has 0 aromatic heterocycles. The van der Waals surface area contributed by atoms with Crippen molar-refractivity contribution in [2.24, 2.45) is 0 Å².